The number of benzene rings is 2. The topological polar surface area (TPSA) is 38.5 Å². The van der Waals surface area contributed by atoms with Gasteiger partial charge in [-0.2, -0.15) is 5.10 Å². The Morgan fingerprint density at radius 1 is 1.13 bits per heavy atom. The van der Waals surface area contributed by atoms with Crippen molar-refractivity contribution in [3.8, 4) is 11.5 Å². The highest BCUT2D eigenvalue weighted by Crippen LogP contribution is 2.49. The fourth-order valence-electron chi connectivity index (χ4n) is 5.23. The van der Waals surface area contributed by atoms with E-state index in [0.29, 0.717) is 6.04 Å². The summed E-state index contributed by atoms with van der Waals surface area (Å²) in [5.41, 5.74) is 4.51. The summed E-state index contributed by atoms with van der Waals surface area (Å²) in [6.07, 6.45) is 2.92. The molecule has 1 fully saturated rings. The van der Waals surface area contributed by atoms with Crippen LogP contribution in [0.2, 0.25) is 0 Å². The Balaban J connectivity index is 1.52. The highest BCUT2D eigenvalue weighted by molar-refractivity contribution is 6.02. The van der Waals surface area contributed by atoms with Gasteiger partial charge in [-0.3, -0.25) is 0 Å². The van der Waals surface area contributed by atoms with Gasteiger partial charge in [0.25, 0.3) is 0 Å². The van der Waals surface area contributed by atoms with Crippen molar-refractivity contribution >= 4 is 5.71 Å². The number of aryl methyl sites for hydroxylation is 1. The molecule has 0 amide bonds. The lowest BCUT2D eigenvalue weighted by Crippen LogP contribution is -3.16. The first-order chi connectivity index (χ1) is 14.5. The molecule has 5 rings (SSSR count). The third-order valence-electron chi connectivity index (χ3n) is 7.07. The molecule has 1 saturated heterocycles. The molecule has 30 heavy (non-hydrogen) atoms. The Hall–Kier alpha value is -2.53. The average molecular weight is 407 g/mol. The first kappa shape index (κ1) is 19.4. The first-order valence-corrected chi connectivity index (χ1v) is 11.1. The van der Waals surface area contributed by atoms with Crippen molar-refractivity contribution in [3.05, 3.63) is 59.2 Å². The lowest BCUT2D eigenvalue weighted by Gasteiger charge is -2.50. The van der Waals surface area contributed by atoms with Gasteiger partial charge in [-0.25, -0.2) is 5.01 Å². The lowest BCUT2D eigenvalue weighted by atomic mass is 9.90. The van der Waals surface area contributed by atoms with Crippen LogP contribution < -0.4 is 14.4 Å². The minimum absolute atomic E-state index is 0.242. The van der Waals surface area contributed by atoms with Gasteiger partial charge in [0.05, 0.1) is 50.8 Å². The van der Waals surface area contributed by atoms with Crippen LogP contribution in [-0.4, -0.2) is 42.7 Å². The average Bonchev–Trinajstić information content (AvgIpc) is 3.22. The number of likely N-dealkylation sites (tertiary alicyclic amines) is 1. The third kappa shape index (κ3) is 3.16. The van der Waals surface area contributed by atoms with E-state index in [1.54, 1.807) is 12.0 Å². The number of hydrogen-bond acceptors (Lipinski definition) is 4. The highest BCUT2D eigenvalue weighted by Gasteiger charge is 2.53. The minimum Gasteiger partial charge on any atom is -0.497 e. The number of nitrogens with zero attached hydrogens (tertiary/aromatic N) is 2. The van der Waals surface area contributed by atoms with Crippen molar-refractivity contribution < 1.29 is 14.4 Å². The van der Waals surface area contributed by atoms with E-state index in [2.05, 4.69) is 56.1 Å². The zero-order valence-corrected chi connectivity index (χ0v) is 18.4. The van der Waals surface area contributed by atoms with Crippen LogP contribution >= 0.6 is 0 Å². The number of hydrazone groups is 1. The summed E-state index contributed by atoms with van der Waals surface area (Å²) >= 11 is 0. The summed E-state index contributed by atoms with van der Waals surface area (Å²) in [4.78, 5) is 1.66. The largest absolute Gasteiger partial charge is 0.497 e. The van der Waals surface area contributed by atoms with E-state index in [0.717, 1.165) is 49.6 Å². The maximum atomic E-state index is 6.76. The van der Waals surface area contributed by atoms with Crippen LogP contribution in [0.5, 0.6) is 11.5 Å². The summed E-state index contributed by atoms with van der Waals surface area (Å²) in [5.74, 6) is 1.92. The monoisotopic (exact) mass is 406 g/mol. The molecule has 3 aliphatic rings. The molecule has 2 aromatic carbocycles. The Labute approximate surface area is 179 Å². The molecule has 1 atom stereocenters. The number of ether oxygens (including phenoxy) is 2. The number of fused-ring (bicyclic) bond motifs is 4. The summed E-state index contributed by atoms with van der Waals surface area (Å²) in [6.45, 7) is 9.02. The summed E-state index contributed by atoms with van der Waals surface area (Å²) in [5, 5.41) is 7.50. The fraction of sp³-hybridized carbons (Fsp3) is 0.480. The smallest absolute Gasteiger partial charge is 0.208 e. The van der Waals surface area contributed by atoms with Crippen LogP contribution in [-0.2, 0) is 0 Å². The van der Waals surface area contributed by atoms with Crippen LogP contribution in [0.4, 0.5) is 0 Å². The number of quaternary nitrogens is 1. The summed E-state index contributed by atoms with van der Waals surface area (Å²) in [6, 6.07) is 15.8. The predicted molar refractivity (Wildman–Crippen MR) is 118 cm³/mol. The Morgan fingerprint density at radius 2 is 1.87 bits per heavy atom. The first-order valence-electron chi connectivity index (χ1n) is 11.1. The van der Waals surface area contributed by atoms with Gasteiger partial charge in [0.1, 0.15) is 11.5 Å². The highest BCUT2D eigenvalue weighted by atomic mass is 16.5. The van der Waals surface area contributed by atoms with Gasteiger partial charge in [0.15, 0.2) is 0 Å². The summed E-state index contributed by atoms with van der Waals surface area (Å²) < 4.78 is 12.1. The van der Waals surface area contributed by atoms with Crippen molar-refractivity contribution in [2.75, 3.05) is 20.2 Å². The van der Waals surface area contributed by atoms with Crippen molar-refractivity contribution in [1.82, 2.24) is 5.01 Å². The number of rotatable bonds is 3. The van der Waals surface area contributed by atoms with Gasteiger partial charge < -0.3 is 14.4 Å². The molecular weight excluding hydrogens is 374 g/mol. The SMILES string of the molecule is COc1ccc(C2=NN3[C@@H](C2)c2cc(C)ccc2OC32CC[NH+](C(C)C)CC2)cc1. The Bertz CT molecular complexity index is 959. The molecule has 158 valence electrons. The molecule has 2 aromatic rings. The predicted octanol–water partition coefficient (Wildman–Crippen LogP) is 3.33. The molecule has 0 saturated carbocycles. The van der Waals surface area contributed by atoms with Crippen molar-refractivity contribution in [2.45, 2.75) is 57.8 Å². The maximum Gasteiger partial charge on any atom is 0.208 e. The van der Waals surface area contributed by atoms with Gasteiger partial charge in [0.2, 0.25) is 5.72 Å². The molecule has 5 nitrogen and oxygen atoms in total. The number of methoxy groups -OCH3 is 1. The van der Waals surface area contributed by atoms with E-state index in [1.807, 2.05) is 12.1 Å². The molecule has 5 heteroatoms. The zero-order chi connectivity index (χ0) is 20.9. The number of nitrogens with one attached hydrogen (secondary N) is 1. The number of piperidine rings is 1. The van der Waals surface area contributed by atoms with Crippen LogP contribution in [0.25, 0.3) is 0 Å². The second-order valence-corrected chi connectivity index (χ2v) is 9.24. The van der Waals surface area contributed by atoms with Gasteiger partial charge in [0, 0.05) is 12.0 Å². The second-order valence-electron chi connectivity index (χ2n) is 9.24. The van der Waals surface area contributed by atoms with E-state index >= 15 is 0 Å². The fourth-order valence-corrected chi connectivity index (χ4v) is 5.23. The third-order valence-corrected chi connectivity index (χ3v) is 7.07. The number of hydrogen-bond donors (Lipinski definition) is 1. The van der Waals surface area contributed by atoms with Crippen molar-refractivity contribution in [1.29, 1.82) is 0 Å². The standard InChI is InChI=1S/C25H31N3O2/c1-17(2)27-13-11-25(12-14-27)28-23(21-15-18(3)5-10-24(21)30-25)16-22(26-28)19-6-8-20(29-4)9-7-19/h5-10,15,17,23H,11-14,16H2,1-4H3/p+1/t23-/m0/s1. The van der Waals surface area contributed by atoms with Crippen LogP contribution in [0, 0.1) is 6.92 Å². The van der Waals surface area contributed by atoms with Crippen LogP contribution in [0.1, 0.15) is 55.8 Å². The molecule has 1 spiro atoms. The van der Waals surface area contributed by atoms with Gasteiger partial charge in [-0.1, -0.05) is 17.7 Å². The molecule has 0 bridgehead atoms. The quantitative estimate of drug-likeness (QED) is 0.850. The molecule has 1 N–H and O–H groups in total. The maximum absolute atomic E-state index is 6.76. The van der Waals surface area contributed by atoms with Gasteiger partial charge >= 0.3 is 0 Å². The molecule has 0 radical (unpaired) electrons. The second kappa shape index (κ2) is 7.31. The molecule has 3 aliphatic heterocycles. The van der Waals surface area contributed by atoms with E-state index in [4.69, 9.17) is 14.6 Å². The zero-order valence-electron chi connectivity index (χ0n) is 18.4. The van der Waals surface area contributed by atoms with E-state index in [-0.39, 0.29) is 11.8 Å². The molecule has 0 unspecified atom stereocenters. The van der Waals surface area contributed by atoms with Gasteiger partial charge in [-0.05, 0) is 56.7 Å². The van der Waals surface area contributed by atoms with Crippen molar-refractivity contribution in [2.24, 2.45) is 5.10 Å². The summed E-state index contributed by atoms with van der Waals surface area (Å²) in [7, 11) is 1.70. The van der Waals surface area contributed by atoms with E-state index in [9.17, 15) is 0 Å². The van der Waals surface area contributed by atoms with E-state index in [1.165, 1.54) is 16.7 Å². The molecule has 0 aliphatic carbocycles. The minimum atomic E-state index is -0.334. The Morgan fingerprint density at radius 3 is 2.53 bits per heavy atom. The lowest BCUT2D eigenvalue weighted by molar-refractivity contribution is -0.929. The molecular formula is C25H32N3O2+. The normalized spacial score (nSPS) is 27.5. The van der Waals surface area contributed by atoms with Crippen LogP contribution in [0.3, 0.4) is 0 Å². The van der Waals surface area contributed by atoms with Crippen molar-refractivity contribution in [3.63, 3.8) is 0 Å². The molecule has 0 aromatic heterocycles. The molecule has 3 heterocycles. The van der Waals surface area contributed by atoms with Crippen LogP contribution in [0.15, 0.2) is 47.6 Å². The Kier molecular flexibility index (Phi) is 4.73. The van der Waals surface area contributed by atoms with Gasteiger partial charge in [-0.15, -0.1) is 0 Å². The van der Waals surface area contributed by atoms with E-state index < -0.39 is 0 Å².